The SMILES string of the molecule is C[C@@H](Oc1cc(Br)cc([N+](=O)[O-])c1)C(=O)O. The molecular weight excluding hydrogens is 282 g/mol. The van der Waals surface area contributed by atoms with Crippen molar-refractivity contribution in [3.8, 4) is 5.75 Å². The number of benzene rings is 1. The van der Waals surface area contributed by atoms with E-state index < -0.39 is 17.0 Å². The van der Waals surface area contributed by atoms with E-state index in [1.165, 1.54) is 25.1 Å². The summed E-state index contributed by atoms with van der Waals surface area (Å²) in [6.45, 7) is 1.34. The third-order valence-corrected chi connectivity index (χ3v) is 2.19. The molecule has 0 spiro atoms. The zero-order valence-corrected chi connectivity index (χ0v) is 9.80. The van der Waals surface area contributed by atoms with Gasteiger partial charge >= 0.3 is 5.97 Å². The van der Waals surface area contributed by atoms with Crippen LogP contribution in [-0.4, -0.2) is 22.1 Å². The highest BCUT2D eigenvalue weighted by Crippen LogP contribution is 2.26. The molecule has 1 N–H and O–H groups in total. The standard InChI is InChI=1S/C9H8BrNO5/c1-5(9(12)13)16-8-3-6(10)2-7(4-8)11(14)15/h2-5H,1H3,(H,12,13)/t5-/m1/s1. The second-order valence-electron chi connectivity index (χ2n) is 3.00. The van der Waals surface area contributed by atoms with Crippen LogP contribution in [0.25, 0.3) is 0 Å². The van der Waals surface area contributed by atoms with E-state index in [4.69, 9.17) is 9.84 Å². The molecule has 0 radical (unpaired) electrons. The first-order chi connectivity index (χ1) is 7.40. The smallest absolute Gasteiger partial charge is 0.344 e. The molecule has 1 aromatic carbocycles. The van der Waals surface area contributed by atoms with Crippen LogP contribution in [0.1, 0.15) is 6.92 Å². The molecule has 0 heterocycles. The van der Waals surface area contributed by atoms with Crippen LogP contribution in [0, 0.1) is 10.1 Å². The molecule has 0 aromatic heterocycles. The quantitative estimate of drug-likeness (QED) is 0.678. The van der Waals surface area contributed by atoms with Gasteiger partial charge in [0.1, 0.15) is 5.75 Å². The topological polar surface area (TPSA) is 89.7 Å². The van der Waals surface area contributed by atoms with Gasteiger partial charge in [-0.1, -0.05) is 15.9 Å². The molecule has 1 aromatic rings. The summed E-state index contributed by atoms with van der Waals surface area (Å²) < 4.78 is 5.47. The zero-order valence-electron chi connectivity index (χ0n) is 8.21. The third kappa shape index (κ3) is 3.20. The molecule has 0 saturated carbocycles. The van der Waals surface area contributed by atoms with Gasteiger partial charge in [-0.3, -0.25) is 10.1 Å². The highest BCUT2D eigenvalue weighted by Gasteiger charge is 2.15. The minimum atomic E-state index is -1.14. The van der Waals surface area contributed by atoms with Crippen LogP contribution >= 0.6 is 15.9 Å². The molecule has 1 rings (SSSR count). The molecule has 0 fully saturated rings. The van der Waals surface area contributed by atoms with Crippen molar-refractivity contribution < 1.29 is 19.6 Å². The maximum Gasteiger partial charge on any atom is 0.344 e. The molecule has 7 heteroatoms. The first kappa shape index (κ1) is 12.4. The molecule has 86 valence electrons. The average Bonchev–Trinajstić information content (AvgIpc) is 2.16. The molecule has 0 saturated heterocycles. The average molecular weight is 290 g/mol. The first-order valence-corrected chi connectivity index (χ1v) is 5.04. The Morgan fingerprint density at radius 3 is 2.69 bits per heavy atom. The Labute approximate surface area is 99.1 Å². The number of rotatable bonds is 4. The Morgan fingerprint density at radius 1 is 1.56 bits per heavy atom. The fraction of sp³-hybridized carbons (Fsp3) is 0.222. The lowest BCUT2D eigenvalue weighted by Gasteiger charge is -2.10. The van der Waals surface area contributed by atoms with Crippen molar-refractivity contribution in [3.63, 3.8) is 0 Å². The summed E-state index contributed by atoms with van der Waals surface area (Å²) in [5, 5.41) is 19.2. The molecule has 0 aliphatic carbocycles. The number of carbonyl (C=O) groups is 1. The van der Waals surface area contributed by atoms with Crippen molar-refractivity contribution >= 4 is 27.6 Å². The monoisotopic (exact) mass is 289 g/mol. The molecule has 0 aliphatic rings. The number of nitrogens with zero attached hydrogens (tertiary/aromatic N) is 1. The molecule has 6 nitrogen and oxygen atoms in total. The zero-order chi connectivity index (χ0) is 12.3. The second kappa shape index (κ2) is 4.93. The Morgan fingerprint density at radius 2 is 2.19 bits per heavy atom. The van der Waals surface area contributed by atoms with Gasteiger partial charge in [0.25, 0.3) is 5.69 Å². The number of carboxylic acids is 1. The predicted octanol–water partition coefficient (Wildman–Crippen LogP) is 2.21. The molecule has 0 amide bonds. The van der Waals surface area contributed by atoms with Crippen LogP contribution in [0.5, 0.6) is 5.75 Å². The minimum absolute atomic E-state index is 0.135. The molecule has 1 atom stereocenters. The Bertz CT molecular complexity index is 434. The number of nitro benzene ring substituents is 1. The maximum absolute atomic E-state index is 10.5. The Kier molecular flexibility index (Phi) is 3.83. The maximum atomic E-state index is 10.5. The van der Waals surface area contributed by atoms with Crippen molar-refractivity contribution in [2.45, 2.75) is 13.0 Å². The van der Waals surface area contributed by atoms with Gasteiger partial charge in [0.05, 0.1) is 11.0 Å². The van der Waals surface area contributed by atoms with E-state index in [1.54, 1.807) is 0 Å². The summed E-state index contributed by atoms with van der Waals surface area (Å²) in [5.74, 6) is -1.00. The minimum Gasteiger partial charge on any atom is -0.479 e. The van der Waals surface area contributed by atoms with Crippen LogP contribution in [0.3, 0.4) is 0 Å². The van der Waals surface area contributed by atoms with Gasteiger partial charge in [0.15, 0.2) is 6.10 Å². The lowest BCUT2D eigenvalue weighted by atomic mass is 10.3. The number of nitro groups is 1. The van der Waals surface area contributed by atoms with Gasteiger partial charge in [-0.05, 0) is 13.0 Å². The number of hydrogen-bond donors (Lipinski definition) is 1. The fourth-order valence-corrected chi connectivity index (χ4v) is 1.44. The van der Waals surface area contributed by atoms with Crippen LogP contribution in [0.4, 0.5) is 5.69 Å². The largest absolute Gasteiger partial charge is 0.479 e. The van der Waals surface area contributed by atoms with E-state index in [9.17, 15) is 14.9 Å². The molecule has 0 bridgehead atoms. The van der Waals surface area contributed by atoms with E-state index in [0.717, 1.165) is 0 Å². The van der Waals surface area contributed by atoms with E-state index in [0.29, 0.717) is 4.47 Å². The van der Waals surface area contributed by atoms with E-state index in [-0.39, 0.29) is 11.4 Å². The van der Waals surface area contributed by atoms with Gasteiger partial charge in [-0.15, -0.1) is 0 Å². The van der Waals surface area contributed by atoms with Crippen molar-refractivity contribution in [1.29, 1.82) is 0 Å². The number of halogens is 1. The van der Waals surface area contributed by atoms with Crippen molar-refractivity contribution in [2.75, 3.05) is 0 Å². The van der Waals surface area contributed by atoms with E-state index >= 15 is 0 Å². The van der Waals surface area contributed by atoms with Gasteiger partial charge in [0, 0.05) is 10.5 Å². The third-order valence-electron chi connectivity index (χ3n) is 1.73. The van der Waals surface area contributed by atoms with Crippen LogP contribution in [0.15, 0.2) is 22.7 Å². The normalized spacial score (nSPS) is 11.9. The number of ether oxygens (including phenoxy) is 1. The highest BCUT2D eigenvalue weighted by atomic mass is 79.9. The summed E-state index contributed by atoms with van der Waals surface area (Å²) in [6.07, 6.45) is -1.06. The Balaban J connectivity index is 2.97. The number of aliphatic carboxylic acids is 1. The summed E-state index contributed by atoms with van der Waals surface area (Å²) in [4.78, 5) is 20.5. The lowest BCUT2D eigenvalue weighted by molar-refractivity contribution is -0.385. The summed E-state index contributed by atoms with van der Waals surface area (Å²) in [6, 6.07) is 3.94. The highest BCUT2D eigenvalue weighted by molar-refractivity contribution is 9.10. The first-order valence-electron chi connectivity index (χ1n) is 4.24. The van der Waals surface area contributed by atoms with Crippen LogP contribution in [-0.2, 0) is 4.79 Å². The van der Waals surface area contributed by atoms with Gasteiger partial charge in [-0.2, -0.15) is 0 Å². The molecule has 16 heavy (non-hydrogen) atoms. The van der Waals surface area contributed by atoms with Crippen molar-refractivity contribution in [2.24, 2.45) is 0 Å². The van der Waals surface area contributed by atoms with E-state index in [2.05, 4.69) is 15.9 Å². The van der Waals surface area contributed by atoms with Crippen LogP contribution < -0.4 is 4.74 Å². The van der Waals surface area contributed by atoms with Crippen LogP contribution in [0.2, 0.25) is 0 Å². The van der Waals surface area contributed by atoms with Crippen molar-refractivity contribution in [1.82, 2.24) is 0 Å². The number of non-ortho nitro benzene ring substituents is 1. The summed E-state index contributed by atoms with van der Waals surface area (Å²) in [7, 11) is 0. The summed E-state index contributed by atoms with van der Waals surface area (Å²) in [5.41, 5.74) is -0.165. The fourth-order valence-electron chi connectivity index (χ4n) is 0.976. The van der Waals surface area contributed by atoms with Gasteiger partial charge in [-0.25, -0.2) is 4.79 Å². The van der Waals surface area contributed by atoms with Gasteiger partial charge < -0.3 is 9.84 Å². The Hall–Kier alpha value is -1.63. The lowest BCUT2D eigenvalue weighted by Crippen LogP contribution is -2.22. The summed E-state index contributed by atoms with van der Waals surface area (Å²) >= 11 is 3.08. The number of hydrogen-bond acceptors (Lipinski definition) is 4. The van der Waals surface area contributed by atoms with Crippen molar-refractivity contribution in [3.05, 3.63) is 32.8 Å². The van der Waals surface area contributed by atoms with Gasteiger partial charge in [0.2, 0.25) is 0 Å². The number of carboxylic acid groups (broad SMARTS) is 1. The molecule has 0 unspecified atom stereocenters. The van der Waals surface area contributed by atoms with E-state index in [1.807, 2.05) is 0 Å². The predicted molar refractivity (Wildman–Crippen MR) is 58.5 cm³/mol. The second-order valence-corrected chi connectivity index (χ2v) is 3.92. The molecule has 0 aliphatic heterocycles. The molecular formula is C9H8BrNO5.